The molecule has 55 heavy (non-hydrogen) atoms. The number of nitrogens with zero attached hydrogens (tertiary/aromatic N) is 5. The number of nitrogens with one attached hydrogen (secondary N) is 5. The summed E-state index contributed by atoms with van der Waals surface area (Å²) in [6.07, 6.45) is 17.0. The number of hydrogen-bond donors (Lipinski definition) is 7. The fraction of sp³-hybridized carbons (Fsp3) is 0.0465. The van der Waals surface area contributed by atoms with Gasteiger partial charge in [-0.05, 0) is 58.8 Å². The van der Waals surface area contributed by atoms with Gasteiger partial charge in [0.2, 0.25) is 0 Å². The van der Waals surface area contributed by atoms with Crippen molar-refractivity contribution in [2.24, 2.45) is 26.8 Å². The van der Waals surface area contributed by atoms with Crippen LogP contribution in [-0.4, -0.2) is 47.7 Å². The van der Waals surface area contributed by atoms with E-state index in [9.17, 15) is 10.2 Å². The lowest BCUT2D eigenvalue weighted by molar-refractivity contribution is 0.346. The van der Waals surface area contributed by atoms with Crippen LogP contribution in [0.4, 0.5) is 22.7 Å². The molecule has 262 valence electrons. The highest BCUT2D eigenvalue weighted by molar-refractivity contribution is 6.23. The van der Waals surface area contributed by atoms with Crippen molar-refractivity contribution in [3.8, 4) is 0 Å². The summed E-state index contributed by atoms with van der Waals surface area (Å²) in [5.74, 6) is 1.88. The summed E-state index contributed by atoms with van der Waals surface area (Å²) in [6.45, 7) is 0. The predicted octanol–water partition coefficient (Wildman–Crippen LogP) is 8.10. The third-order valence-corrected chi connectivity index (χ3v) is 11.2. The maximum absolute atomic E-state index is 11.8. The Kier molecular flexibility index (Phi) is 5.91. The molecule has 0 saturated carbocycles. The monoisotopic (exact) mass is 716 g/mol. The Hall–Kier alpha value is -7.73. The third-order valence-electron chi connectivity index (χ3n) is 11.2. The number of anilines is 2. The maximum atomic E-state index is 11.8. The van der Waals surface area contributed by atoms with Crippen molar-refractivity contribution in [1.82, 2.24) is 25.3 Å². The van der Waals surface area contributed by atoms with E-state index in [0.29, 0.717) is 22.8 Å². The van der Waals surface area contributed by atoms with Gasteiger partial charge < -0.3 is 36.1 Å². The number of allylic oxidation sites excluding steroid dienone is 8. The van der Waals surface area contributed by atoms with Crippen molar-refractivity contribution >= 4 is 67.4 Å². The largest absolute Gasteiger partial charge is 0.507 e. The lowest BCUT2D eigenvalue weighted by Gasteiger charge is -2.38. The average molecular weight is 717 g/mol. The van der Waals surface area contributed by atoms with Gasteiger partial charge in [-0.1, -0.05) is 48.6 Å². The van der Waals surface area contributed by atoms with Crippen LogP contribution in [0.2, 0.25) is 0 Å². The molecule has 4 aromatic carbocycles. The Morgan fingerprint density at radius 1 is 0.582 bits per heavy atom. The van der Waals surface area contributed by atoms with E-state index in [2.05, 4.69) is 66.2 Å². The molecule has 0 radical (unpaired) electrons. The fourth-order valence-electron chi connectivity index (χ4n) is 8.71. The average Bonchev–Trinajstić information content (AvgIpc) is 3.97. The molecule has 2 atom stereocenters. The molecular formula is C43H28N10O2. The minimum atomic E-state index is -0.294. The van der Waals surface area contributed by atoms with Crippen LogP contribution in [0.1, 0.15) is 22.5 Å². The minimum Gasteiger partial charge on any atom is -0.507 e. The molecule has 0 fully saturated rings. The van der Waals surface area contributed by atoms with E-state index in [1.165, 1.54) is 0 Å². The van der Waals surface area contributed by atoms with Crippen LogP contribution in [0.15, 0.2) is 165 Å². The Morgan fingerprint density at radius 3 is 1.85 bits per heavy atom. The van der Waals surface area contributed by atoms with Gasteiger partial charge in [0.25, 0.3) is 0 Å². The topological polar surface area (TPSA) is 171 Å². The number of aromatic nitrogens is 4. The first-order valence-electron chi connectivity index (χ1n) is 17.9. The van der Waals surface area contributed by atoms with Gasteiger partial charge in [-0.2, -0.15) is 0 Å². The van der Waals surface area contributed by atoms with Gasteiger partial charge in [0.15, 0.2) is 11.7 Å². The standard InChI is InChI=1S/C43H28N10O2/c54-39-37(40(55)38(39)24-11-14-30-35-21(24)5-2-8-27(35)50-42(52-30)32-16-44-18-46-32)23-10-13-29-34-20(23)4-1-7-26(34)48-41(49-29)25-12-15-31-36-22(25)6-3-9-28(36)51-43(53-31)33-17-45-19-47-33/h1-20,23,54-55H,(H,44,46)(H,45,47)(H,48,49)(H,50,52)(H,51,53). The number of aliphatic hydroxyl groups excluding tert-OH is 2. The molecule has 3 aliphatic carbocycles. The fourth-order valence-corrected chi connectivity index (χ4v) is 8.71. The summed E-state index contributed by atoms with van der Waals surface area (Å²) in [5, 5.41) is 37.9. The molecule has 0 saturated heterocycles. The Morgan fingerprint density at radius 2 is 1.22 bits per heavy atom. The zero-order valence-electron chi connectivity index (χ0n) is 28.8. The lowest BCUT2D eigenvalue weighted by atomic mass is 9.69. The molecule has 0 amide bonds. The molecule has 12 nitrogen and oxygen atoms in total. The smallest absolute Gasteiger partial charge is 0.156 e. The number of aliphatic hydroxyl groups is 2. The minimum absolute atomic E-state index is 0.0931. The van der Waals surface area contributed by atoms with Crippen LogP contribution in [0.3, 0.4) is 0 Å². The third kappa shape index (κ3) is 4.18. The molecule has 7 N–H and O–H groups in total. The van der Waals surface area contributed by atoms with Gasteiger partial charge in [0, 0.05) is 56.4 Å². The second-order valence-corrected chi connectivity index (χ2v) is 14.1. The molecule has 6 aromatic rings. The highest BCUT2D eigenvalue weighted by Gasteiger charge is 2.43. The zero-order chi connectivity index (χ0) is 36.4. The van der Waals surface area contributed by atoms with Gasteiger partial charge in [0.05, 0.1) is 47.7 Å². The highest BCUT2D eigenvalue weighted by Crippen LogP contribution is 2.52. The van der Waals surface area contributed by atoms with Crippen LogP contribution >= 0.6 is 0 Å². The number of aromatic amines is 2. The molecule has 0 bridgehead atoms. The normalized spacial score (nSPS) is 20.3. The van der Waals surface area contributed by atoms with Crippen molar-refractivity contribution < 1.29 is 10.2 Å². The zero-order valence-corrected chi connectivity index (χ0v) is 28.8. The number of benzene rings is 4. The van der Waals surface area contributed by atoms with Crippen molar-refractivity contribution in [2.45, 2.75) is 0 Å². The van der Waals surface area contributed by atoms with Crippen LogP contribution in [0.25, 0.3) is 27.1 Å². The van der Waals surface area contributed by atoms with E-state index >= 15 is 0 Å². The Balaban J connectivity index is 0.886. The van der Waals surface area contributed by atoms with Crippen molar-refractivity contribution in [1.29, 1.82) is 0 Å². The maximum Gasteiger partial charge on any atom is 0.156 e. The number of hydrogen-bond acceptors (Lipinski definition) is 10. The van der Waals surface area contributed by atoms with Gasteiger partial charge in [-0.3, -0.25) is 0 Å². The summed E-state index contributed by atoms with van der Waals surface area (Å²) in [5.41, 5.74) is 10.6. The first kappa shape index (κ1) is 29.8. The van der Waals surface area contributed by atoms with Gasteiger partial charge in [0.1, 0.15) is 28.7 Å². The Labute approximate surface area is 312 Å². The van der Waals surface area contributed by atoms with E-state index in [1.807, 2.05) is 60.7 Å². The molecular weight excluding hydrogens is 689 g/mol. The molecule has 3 aliphatic heterocycles. The molecule has 12 rings (SSSR count). The summed E-state index contributed by atoms with van der Waals surface area (Å²) in [6, 6.07) is 20.1. The van der Waals surface area contributed by atoms with E-state index in [-0.39, 0.29) is 23.4 Å². The first-order valence-corrected chi connectivity index (χ1v) is 17.9. The molecule has 12 heteroatoms. The number of amidine groups is 3. The van der Waals surface area contributed by atoms with Crippen molar-refractivity contribution in [3.63, 3.8) is 0 Å². The lowest BCUT2D eigenvalue weighted by Crippen LogP contribution is -2.36. The summed E-state index contributed by atoms with van der Waals surface area (Å²) in [7, 11) is 0. The highest BCUT2D eigenvalue weighted by atomic mass is 16.3. The van der Waals surface area contributed by atoms with Crippen molar-refractivity contribution in [2.75, 3.05) is 10.6 Å². The summed E-state index contributed by atoms with van der Waals surface area (Å²) in [4.78, 5) is 29.4. The predicted molar refractivity (Wildman–Crippen MR) is 214 cm³/mol. The van der Waals surface area contributed by atoms with Gasteiger partial charge >= 0.3 is 0 Å². The van der Waals surface area contributed by atoms with Crippen LogP contribution < -0.4 is 16.0 Å². The number of H-pyrrole nitrogens is 2. The molecule has 2 unspecified atom stereocenters. The first-order chi connectivity index (χ1) is 27.1. The second kappa shape index (κ2) is 10.9. The summed E-state index contributed by atoms with van der Waals surface area (Å²) < 4.78 is 0. The second-order valence-electron chi connectivity index (χ2n) is 14.1. The van der Waals surface area contributed by atoms with Gasteiger partial charge in [-0.15, -0.1) is 0 Å². The quantitative estimate of drug-likeness (QED) is 0.0945. The van der Waals surface area contributed by atoms with Crippen LogP contribution in [0, 0.1) is 11.8 Å². The van der Waals surface area contributed by atoms with Crippen LogP contribution in [-0.2, 0) is 0 Å². The van der Waals surface area contributed by atoms with Crippen LogP contribution in [0.5, 0.6) is 0 Å². The van der Waals surface area contributed by atoms with E-state index < -0.39 is 0 Å². The molecule has 2 aromatic heterocycles. The van der Waals surface area contributed by atoms with Gasteiger partial charge in [-0.25, -0.2) is 24.9 Å². The molecule has 0 spiro atoms. The summed E-state index contributed by atoms with van der Waals surface area (Å²) >= 11 is 0. The number of aliphatic imine (C=N–C) groups is 3. The molecule has 6 aliphatic rings. The van der Waals surface area contributed by atoms with E-state index in [1.54, 1.807) is 25.0 Å². The molecule has 5 heterocycles. The van der Waals surface area contributed by atoms with E-state index in [4.69, 9.17) is 15.0 Å². The van der Waals surface area contributed by atoms with Crippen molar-refractivity contribution in [3.05, 3.63) is 173 Å². The number of imidazole rings is 2. The Bertz CT molecular complexity index is 3030. The van der Waals surface area contributed by atoms with E-state index in [0.717, 1.165) is 89.6 Å². The number of rotatable bonds is 5. The SMILES string of the molecule is OC1=C(c2ccc3c4c(cccc24)N=C(c2cnc[nH]2)N3)C(O)=C1C1C=CC2=C3C(=CC=CC31)NC(c1ccc3c4c(cccc14)N=C(c1cnc[nH]1)N3)=N2.